The molecule has 1 N–H and O–H groups in total. The number of hydrogen-bond acceptors (Lipinski definition) is 6. The molecule has 0 saturated carbocycles. The van der Waals surface area contributed by atoms with Crippen LogP contribution in [-0.4, -0.2) is 44.7 Å². The zero-order valence-electron chi connectivity index (χ0n) is 14.7. The monoisotopic (exact) mass is 382 g/mol. The van der Waals surface area contributed by atoms with Crippen LogP contribution >= 0.6 is 11.3 Å². The van der Waals surface area contributed by atoms with Crippen LogP contribution in [0.1, 0.15) is 17.8 Å². The lowest BCUT2D eigenvalue weighted by Crippen LogP contribution is -2.39. The quantitative estimate of drug-likeness (QED) is 0.680. The van der Waals surface area contributed by atoms with Gasteiger partial charge in [0.15, 0.2) is 0 Å². The standard InChI is InChI=1S/C19H18N4O3S/c1-22(11-15-20-13-7-8-27-17(13)18(25)21-15)14-9-16(24)23(19(14)26)10-12-5-3-2-4-6-12/h2-8,14H,9-11H2,1H3,(H,20,21,25). The summed E-state index contributed by atoms with van der Waals surface area (Å²) in [6, 6.07) is 10.7. The molecule has 7 nitrogen and oxygen atoms in total. The number of H-pyrrole nitrogens is 1. The van der Waals surface area contributed by atoms with Gasteiger partial charge in [-0.25, -0.2) is 4.98 Å². The topological polar surface area (TPSA) is 86.4 Å². The Morgan fingerprint density at radius 3 is 2.78 bits per heavy atom. The summed E-state index contributed by atoms with van der Waals surface area (Å²) in [4.78, 5) is 47.5. The summed E-state index contributed by atoms with van der Waals surface area (Å²) >= 11 is 1.34. The number of imide groups is 1. The average Bonchev–Trinajstić information content (AvgIpc) is 3.23. The molecule has 138 valence electrons. The molecule has 1 aromatic carbocycles. The van der Waals surface area contributed by atoms with Crippen LogP contribution in [0.4, 0.5) is 0 Å². The predicted octanol–water partition coefficient (Wildman–Crippen LogP) is 1.74. The summed E-state index contributed by atoms with van der Waals surface area (Å²) in [7, 11) is 1.76. The highest BCUT2D eigenvalue weighted by Crippen LogP contribution is 2.21. The van der Waals surface area contributed by atoms with E-state index in [1.807, 2.05) is 35.7 Å². The van der Waals surface area contributed by atoms with Crippen molar-refractivity contribution >= 4 is 33.4 Å². The zero-order valence-corrected chi connectivity index (χ0v) is 15.5. The van der Waals surface area contributed by atoms with Gasteiger partial charge in [0.2, 0.25) is 11.8 Å². The van der Waals surface area contributed by atoms with Crippen LogP contribution in [0.5, 0.6) is 0 Å². The number of thiophene rings is 1. The van der Waals surface area contributed by atoms with Gasteiger partial charge in [-0.1, -0.05) is 30.3 Å². The molecule has 1 unspecified atom stereocenters. The van der Waals surface area contributed by atoms with Gasteiger partial charge in [0, 0.05) is 0 Å². The number of likely N-dealkylation sites (tertiary alicyclic amines) is 1. The maximum Gasteiger partial charge on any atom is 0.268 e. The zero-order chi connectivity index (χ0) is 19.0. The second-order valence-corrected chi connectivity index (χ2v) is 7.50. The summed E-state index contributed by atoms with van der Waals surface area (Å²) < 4.78 is 0.586. The number of likely N-dealkylation sites (N-methyl/N-ethyl adjacent to an activating group) is 1. The second kappa shape index (κ2) is 7.05. The molecule has 1 aliphatic rings. The Morgan fingerprint density at radius 2 is 2.00 bits per heavy atom. The minimum absolute atomic E-state index is 0.132. The Bertz CT molecular complexity index is 1060. The number of aromatic amines is 1. The highest BCUT2D eigenvalue weighted by molar-refractivity contribution is 7.17. The van der Waals surface area contributed by atoms with Gasteiger partial charge in [-0.2, -0.15) is 0 Å². The molecular weight excluding hydrogens is 364 g/mol. The van der Waals surface area contributed by atoms with E-state index < -0.39 is 6.04 Å². The number of fused-ring (bicyclic) bond motifs is 1. The van der Waals surface area contributed by atoms with Crippen LogP contribution in [-0.2, 0) is 22.7 Å². The third-order valence-corrected chi connectivity index (χ3v) is 5.60. The van der Waals surface area contributed by atoms with Gasteiger partial charge in [-0.15, -0.1) is 11.3 Å². The van der Waals surface area contributed by atoms with Gasteiger partial charge in [0.05, 0.1) is 31.1 Å². The molecule has 4 rings (SSSR count). The van der Waals surface area contributed by atoms with E-state index in [1.165, 1.54) is 16.2 Å². The van der Waals surface area contributed by atoms with Crippen molar-refractivity contribution in [2.75, 3.05) is 7.05 Å². The van der Waals surface area contributed by atoms with E-state index in [2.05, 4.69) is 9.97 Å². The van der Waals surface area contributed by atoms with Crippen LogP contribution < -0.4 is 5.56 Å². The van der Waals surface area contributed by atoms with Gasteiger partial charge in [0.25, 0.3) is 5.56 Å². The van der Waals surface area contributed by atoms with Gasteiger partial charge in [-0.3, -0.25) is 24.2 Å². The second-order valence-electron chi connectivity index (χ2n) is 6.59. The van der Waals surface area contributed by atoms with Crippen molar-refractivity contribution in [2.24, 2.45) is 0 Å². The first kappa shape index (κ1) is 17.6. The largest absolute Gasteiger partial charge is 0.308 e. The molecule has 1 fully saturated rings. The van der Waals surface area contributed by atoms with E-state index in [-0.39, 0.29) is 36.9 Å². The van der Waals surface area contributed by atoms with Crippen LogP contribution in [0.3, 0.4) is 0 Å². The first-order chi connectivity index (χ1) is 13.0. The van der Waals surface area contributed by atoms with Crippen LogP contribution in [0.2, 0.25) is 0 Å². The molecule has 0 spiro atoms. The third-order valence-electron chi connectivity index (χ3n) is 4.70. The minimum atomic E-state index is -0.551. The maximum absolute atomic E-state index is 12.8. The van der Waals surface area contributed by atoms with Crippen LogP contribution in [0.15, 0.2) is 46.6 Å². The molecule has 1 atom stereocenters. The summed E-state index contributed by atoms with van der Waals surface area (Å²) in [6.45, 7) is 0.558. The van der Waals surface area contributed by atoms with Gasteiger partial charge in [0.1, 0.15) is 10.5 Å². The summed E-state index contributed by atoms with van der Waals surface area (Å²) in [6.07, 6.45) is 0.132. The van der Waals surface area contributed by atoms with Crippen molar-refractivity contribution in [1.29, 1.82) is 0 Å². The molecule has 27 heavy (non-hydrogen) atoms. The fourth-order valence-corrected chi connectivity index (χ4v) is 4.01. The molecule has 1 aliphatic heterocycles. The van der Waals surface area contributed by atoms with Crippen LogP contribution in [0, 0.1) is 0 Å². The van der Waals surface area contributed by atoms with Gasteiger partial charge >= 0.3 is 0 Å². The highest BCUT2D eigenvalue weighted by atomic mass is 32.1. The van der Waals surface area contributed by atoms with Crippen molar-refractivity contribution in [1.82, 2.24) is 19.8 Å². The van der Waals surface area contributed by atoms with Crippen LogP contribution in [0.25, 0.3) is 10.2 Å². The Hall–Kier alpha value is -2.84. The number of benzene rings is 1. The lowest BCUT2D eigenvalue weighted by atomic mass is 10.2. The van der Waals surface area contributed by atoms with E-state index in [9.17, 15) is 14.4 Å². The first-order valence-electron chi connectivity index (χ1n) is 8.57. The molecule has 8 heteroatoms. The first-order valence-corrected chi connectivity index (χ1v) is 9.45. The van der Waals surface area contributed by atoms with E-state index in [0.717, 1.165) is 5.56 Å². The SMILES string of the molecule is CN(Cc1nc2ccsc2c(=O)[nH]1)C1CC(=O)N(Cc2ccccc2)C1=O. The van der Waals surface area contributed by atoms with E-state index >= 15 is 0 Å². The average molecular weight is 382 g/mol. The minimum Gasteiger partial charge on any atom is -0.308 e. The molecule has 2 aromatic heterocycles. The van der Waals surface area contributed by atoms with Crippen molar-refractivity contribution in [3.05, 3.63) is 63.5 Å². The van der Waals surface area contributed by atoms with Gasteiger partial charge < -0.3 is 4.98 Å². The predicted molar refractivity (Wildman–Crippen MR) is 102 cm³/mol. The fraction of sp³-hybridized carbons (Fsp3) is 0.263. The third kappa shape index (κ3) is 3.41. The van der Waals surface area contributed by atoms with Crippen molar-refractivity contribution in [2.45, 2.75) is 25.6 Å². The highest BCUT2D eigenvalue weighted by Gasteiger charge is 2.40. The normalized spacial score (nSPS) is 17.4. The Balaban J connectivity index is 1.50. The molecular formula is C19H18N4O3S. The summed E-state index contributed by atoms with van der Waals surface area (Å²) in [5.41, 5.74) is 1.38. The number of amides is 2. The Labute approximate surface area is 159 Å². The number of nitrogens with one attached hydrogen (secondary N) is 1. The lowest BCUT2D eigenvalue weighted by molar-refractivity contribution is -0.140. The lowest BCUT2D eigenvalue weighted by Gasteiger charge is -2.22. The summed E-state index contributed by atoms with van der Waals surface area (Å²) in [5, 5.41) is 1.82. The molecule has 0 aliphatic carbocycles. The van der Waals surface area contributed by atoms with Gasteiger partial charge in [-0.05, 0) is 24.1 Å². The molecule has 1 saturated heterocycles. The number of carbonyl (C=O) groups is 2. The number of rotatable bonds is 5. The van der Waals surface area contributed by atoms with Crippen molar-refractivity contribution in [3.8, 4) is 0 Å². The number of carbonyl (C=O) groups excluding carboxylic acids is 2. The van der Waals surface area contributed by atoms with Crippen molar-refractivity contribution in [3.63, 3.8) is 0 Å². The van der Waals surface area contributed by atoms with E-state index in [1.54, 1.807) is 18.0 Å². The number of hydrogen-bond donors (Lipinski definition) is 1. The number of nitrogens with zero attached hydrogens (tertiary/aromatic N) is 3. The Morgan fingerprint density at radius 1 is 1.22 bits per heavy atom. The van der Waals surface area contributed by atoms with Crippen molar-refractivity contribution < 1.29 is 9.59 Å². The summed E-state index contributed by atoms with van der Waals surface area (Å²) in [5.74, 6) is 0.0795. The maximum atomic E-state index is 12.8. The fourth-order valence-electron chi connectivity index (χ4n) is 3.29. The number of aromatic nitrogens is 2. The molecule has 3 aromatic rings. The molecule has 2 amide bonds. The molecule has 0 bridgehead atoms. The molecule has 3 heterocycles. The van der Waals surface area contributed by atoms with E-state index in [4.69, 9.17) is 0 Å². The van der Waals surface area contributed by atoms with E-state index in [0.29, 0.717) is 16.0 Å². The molecule has 0 radical (unpaired) electrons. The smallest absolute Gasteiger partial charge is 0.268 e. The Kier molecular flexibility index (Phi) is 4.59.